The largest absolute Gasteiger partial charge is 0.323 e. The van der Waals surface area contributed by atoms with E-state index in [4.69, 9.17) is 12.2 Å². The van der Waals surface area contributed by atoms with E-state index >= 15 is 0 Å². The van der Waals surface area contributed by atoms with Crippen molar-refractivity contribution in [1.82, 2.24) is 9.66 Å². The Labute approximate surface area is 106 Å². The van der Waals surface area contributed by atoms with Crippen LogP contribution in [0.5, 0.6) is 0 Å². The molecule has 0 bridgehead atoms. The van der Waals surface area contributed by atoms with Gasteiger partial charge < -0.3 is 5.43 Å². The zero-order chi connectivity index (χ0) is 12.3. The van der Waals surface area contributed by atoms with Crippen LogP contribution in [0.3, 0.4) is 0 Å². The number of hydrogen-bond donors (Lipinski definition) is 1. The fraction of sp³-hybridized carbons (Fsp3) is 0.385. The maximum Gasteiger partial charge on any atom is 0.159 e. The van der Waals surface area contributed by atoms with E-state index in [0.717, 1.165) is 35.1 Å². The fourth-order valence-corrected chi connectivity index (χ4v) is 2.18. The highest BCUT2D eigenvalue weighted by molar-refractivity contribution is 7.71. The van der Waals surface area contributed by atoms with Gasteiger partial charge in [0.2, 0.25) is 0 Å². The Balaban J connectivity index is 2.66. The molecule has 17 heavy (non-hydrogen) atoms. The minimum atomic E-state index is 0.840. The lowest BCUT2D eigenvalue weighted by atomic mass is 10.2. The van der Waals surface area contributed by atoms with Gasteiger partial charge in [0.05, 0.1) is 0 Å². The third kappa shape index (κ3) is 2.31. The van der Waals surface area contributed by atoms with Crippen molar-refractivity contribution in [3.05, 3.63) is 34.6 Å². The van der Waals surface area contributed by atoms with E-state index in [0.29, 0.717) is 0 Å². The zero-order valence-corrected chi connectivity index (χ0v) is 11.0. The molecule has 0 radical (unpaired) electrons. The van der Waals surface area contributed by atoms with Crippen LogP contribution in [0, 0.1) is 4.64 Å². The summed E-state index contributed by atoms with van der Waals surface area (Å²) in [6.45, 7) is 5.15. The van der Waals surface area contributed by atoms with E-state index in [-0.39, 0.29) is 0 Å². The molecule has 0 amide bonds. The van der Waals surface area contributed by atoms with E-state index in [1.807, 2.05) is 10.7 Å². The van der Waals surface area contributed by atoms with Crippen molar-refractivity contribution in [3.63, 3.8) is 0 Å². The molecule has 0 aliphatic heterocycles. The van der Waals surface area contributed by atoms with Gasteiger partial charge in [0.25, 0.3) is 0 Å². The highest BCUT2D eigenvalue weighted by atomic mass is 32.1. The second kappa shape index (κ2) is 5.27. The quantitative estimate of drug-likeness (QED) is 0.841. The number of hydrogen-bond acceptors (Lipinski definition) is 3. The highest BCUT2D eigenvalue weighted by Gasteiger charge is 2.05. The number of fused-ring (bicyclic) bond motifs is 1. The molecular formula is C13H17N3S. The Morgan fingerprint density at radius 1 is 1.41 bits per heavy atom. The fourth-order valence-electron chi connectivity index (χ4n) is 1.82. The van der Waals surface area contributed by atoms with Crippen LogP contribution in [-0.4, -0.2) is 16.2 Å². The molecule has 0 fully saturated rings. The lowest BCUT2D eigenvalue weighted by Gasteiger charge is -2.14. The smallest absolute Gasteiger partial charge is 0.159 e. The number of pyridine rings is 2. The first kappa shape index (κ1) is 12.0. The number of rotatable bonds is 4. The maximum absolute atomic E-state index is 5.49. The molecule has 2 aromatic rings. The molecule has 90 valence electrons. The van der Waals surface area contributed by atoms with Gasteiger partial charge in [-0.25, -0.2) is 9.66 Å². The Bertz CT molecular complexity index is 574. The van der Waals surface area contributed by atoms with Crippen molar-refractivity contribution in [1.29, 1.82) is 0 Å². The Morgan fingerprint density at radius 3 is 2.94 bits per heavy atom. The van der Waals surface area contributed by atoms with Crippen molar-refractivity contribution in [2.75, 3.05) is 12.0 Å². The van der Waals surface area contributed by atoms with Gasteiger partial charge in [0.1, 0.15) is 4.64 Å². The summed E-state index contributed by atoms with van der Waals surface area (Å²) >= 11 is 5.49. The molecule has 2 aromatic heterocycles. The maximum atomic E-state index is 5.49. The summed E-state index contributed by atoms with van der Waals surface area (Å²) in [5.74, 6) is 0. The normalized spacial score (nSPS) is 10.7. The van der Waals surface area contributed by atoms with Crippen LogP contribution in [0.4, 0.5) is 0 Å². The molecule has 0 aliphatic rings. The summed E-state index contributed by atoms with van der Waals surface area (Å²) in [4.78, 5) is 4.40. The van der Waals surface area contributed by atoms with Gasteiger partial charge in [-0.2, -0.15) is 0 Å². The first-order chi connectivity index (χ1) is 8.27. The van der Waals surface area contributed by atoms with Gasteiger partial charge in [-0.15, -0.1) is 0 Å². The van der Waals surface area contributed by atoms with E-state index < -0.39 is 0 Å². The second-order valence-corrected chi connectivity index (χ2v) is 4.37. The molecule has 2 heterocycles. The van der Waals surface area contributed by atoms with Gasteiger partial charge in [0.15, 0.2) is 5.65 Å². The molecule has 0 saturated carbocycles. The molecule has 2 rings (SSSR count). The van der Waals surface area contributed by atoms with Crippen LogP contribution in [-0.2, 0) is 6.42 Å². The molecule has 0 aliphatic carbocycles. The van der Waals surface area contributed by atoms with E-state index in [1.54, 1.807) is 6.20 Å². The van der Waals surface area contributed by atoms with Crippen LogP contribution in [0.1, 0.15) is 25.8 Å². The molecule has 0 spiro atoms. The summed E-state index contributed by atoms with van der Waals surface area (Å²) in [6, 6.07) is 6.16. The molecule has 0 atom stereocenters. The number of nitrogens with one attached hydrogen (secondary N) is 1. The van der Waals surface area contributed by atoms with Crippen molar-refractivity contribution in [3.8, 4) is 0 Å². The van der Waals surface area contributed by atoms with Crippen LogP contribution in [0.25, 0.3) is 11.0 Å². The second-order valence-electron chi connectivity index (χ2n) is 3.99. The van der Waals surface area contributed by atoms with Crippen LogP contribution in [0.15, 0.2) is 24.4 Å². The minimum Gasteiger partial charge on any atom is -0.323 e. The predicted molar refractivity (Wildman–Crippen MR) is 74.5 cm³/mol. The van der Waals surface area contributed by atoms with Gasteiger partial charge in [-0.1, -0.05) is 26.1 Å². The van der Waals surface area contributed by atoms with Crippen LogP contribution < -0.4 is 5.43 Å². The Hall–Kier alpha value is -1.42. The zero-order valence-electron chi connectivity index (χ0n) is 10.2. The number of nitrogens with zero attached hydrogens (tertiary/aromatic N) is 2. The molecule has 0 aromatic carbocycles. The molecule has 0 unspecified atom stereocenters. The van der Waals surface area contributed by atoms with Gasteiger partial charge in [0, 0.05) is 18.1 Å². The summed E-state index contributed by atoms with van der Waals surface area (Å²) in [6.07, 6.45) is 3.80. The SMILES string of the molecule is CCCNn1c(=S)c(CC)cc2cccnc21. The standard InChI is InChI=1S/C13H17N3S/c1-3-7-15-16-12-11(6-5-8-14-12)9-10(4-2)13(16)17/h5-6,8-9,15H,3-4,7H2,1-2H3. The predicted octanol–water partition coefficient (Wildman–Crippen LogP) is 3.28. The van der Waals surface area contributed by atoms with Crippen LogP contribution >= 0.6 is 12.2 Å². The molecule has 0 saturated heterocycles. The molecular weight excluding hydrogens is 230 g/mol. The van der Waals surface area contributed by atoms with Crippen molar-refractivity contribution in [2.45, 2.75) is 26.7 Å². The average molecular weight is 247 g/mol. The number of aromatic nitrogens is 2. The highest BCUT2D eigenvalue weighted by Crippen LogP contribution is 2.15. The first-order valence-corrected chi connectivity index (χ1v) is 6.42. The molecule has 3 nitrogen and oxygen atoms in total. The van der Waals surface area contributed by atoms with E-state index in [2.05, 4.69) is 36.4 Å². The third-order valence-corrected chi connectivity index (χ3v) is 3.18. The topological polar surface area (TPSA) is 29.9 Å². The Kier molecular flexibility index (Phi) is 3.74. The van der Waals surface area contributed by atoms with Gasteiger partial charge in [-0.3, -0.25) is 0 Å². The minimum absolute atomic E-state index is 0.840. The van der Waals surface area contributed by atoms with Gasteiger partial charge >= 0.3 is 0 Å². The lowest BCUT2D eigenvalue weighted by molar-refractivity contribution is 0.802. The summed E-state index contributed by atoms with van der Waals surface area (Å²) in [5, 5.41) is 1.13. The van der Waals surface area contributed by atoms with Crippen LogP contribution in [0.2, 0.25) is 0 Å². The van der Waals surface area contributed by atoms with Crippen molar-refractivity contribution >= 4 is 23.3 Å². The first-order valence-electron chi connectivity index (χ1n) is 6.01. The summed E-state index contributed by atoms with van der Waals surface area (Å²) in [7, 11) is 0. The lowest BCUT2D eigenvalue weighted by Crippen LogP contribution is -2.19. The summed E-state index contributed by atoms with van der Waals surface area (Å²) < 4.78 is 2.78. The third-order valence-electron chi connectivity index (χ3n) is 2.74. The summed E-state index contributed by atoms with van der Waals surface area (Å²) in [5.41, 5.74) is 5.42. The number of aryl methyl sites for hydroxylation is 1. The Morgan fingerprint density at radius 2 is 2.24 bits per heavy atom. The monoisotopic (exact) mass is 247 g/mol. The van der Waals surface area contributed by atoms with Crippen molar-refractivity contribution in [2.24, 2.45) is 0 Å². The average Bonchev–Trinajstić information content (AvgIpc) is 2.37. The molecule has 4 heteroatoms. The molecule has 1 N–H and O–H groups in total. The van der Waals surface area contributed by atoms with E-state index in [9.17, 15) is 0 Å². The van der Waals surface area contributed by atoms with Gasteiger partial charge in [-0.05, 0) is 36.6 Å². The van der Waals surface area contributed by atoms with E-state index in [1.165, 1.54) is 5.56 Å². The van der Waals surface area contributed by atoms with Crippen molar-refractivity contribution < 1.29 is 0 Å².